The highest BCUT2D eigenvalue weighted by atomic mass is 16.2. The summed E-state index contributed by atoms with van der Waals surface area (Å²) in [6.07, 6.45) is 2.12. The van der Waals surface area contributed by atoms with E-state index in [2.05, 4.69) is 41.1 Å². The first kappa shape index (κ1) is 12.9. The van der Waals surface area contributed by atoms with E-state index in [9.17, 15) is 4.79 Å². The zero-order chi connectivity index (χ0) is 12.8. The summed E-state index contributed by atoms with van der Waals surface area (Å²) in [7, 11) is 0. The van der Waals surface area contributed by atoms with Gasteiger partial charge in [-0.2, -0.15) is 0 Å². The Hall–Kier alpha value is -1.55. The molecule has 3 N–H and O–H groups in total. The summed E-state index contributed by atoms with van der Waals surface area (Å²) in [5.74, 6) is 0. The molecule has 0 radical (unpaired) electrons. The number of amides is 2. The van der Waals surface area contributed by atoms with Crippen LogP contribution in [0.4, 0.5) is 4.79 Å². The fourth-order valence-corrected chi connectivity index (χ4v) is 2.08. The number of nitrogens with one attached hydrogen (secondary N) is 3. The molecule has 0 saturated carbocycles. The van der Waals surface area contributed by atoms with Gasteiger partial charge in [-0.15, -0.1) is 0 Å². The molecular weight excluding hydrogens is 226 g/mol. The third-order valence-electron chi connectivity index (χ3n) is 3.17. The van der Waals surface area contributed by atoms with Gasteiger partial charge in [-0.25, -0.2) is 4.79 Å². The quantitative estimate of drug-likeness (QED) is 0.696. The van der Waals surface area contributed by atoms with E-state index in [0.717, 1.165) is 38.0 Å². The molecule has 0 aromatic heterocycles. The maximum Gasteiger partial charge on any atom is 0.315 e. The summed E-state index contributed by atoms with van der Waals surface area (Å²) < 4.78 is 0. The van der Waals surface area contributed by atoms with Crippen LogP contribution in [0.15, 0.2) is 18.2 Å². The second kappa shape index (κ2) is 6.40. The van der Waals surface area contributed by atoms with E-state index in [1.165, 1.54) is 11.1 Å². The molecule has 1 aromatic rings. The van der Waals surface area contributed by atoms with Crippen LogP contribution in [0.1, 0.15) is 36.5 Å². The number of carbonyl (C=O) groups excluding carboxylic acids is 1. The van der Waals surface area contributed by atoms with Gasteiger partial charge in [0.25, 0.3) is 0 Å². The zero-order valence-electron chi connectivity index (χ0n) is 10.9. The maximum absolute atomic E-state index is 11.5. The van der Waals surface area contributed by atoms with Crippen LogP contribution in [0, 0.1) is 0 Å². The largest absolute Gasteiger partial charge is 0.338 e. The van der Waals surface area contributed by atoms with Crippen molar-refractivity contribution in [1.82, 2.24) is 16.0 Å². The molecule has 4 nitrogen and oxygen atoms in total. The minimum atomic E-state index is -0.0814. The molecule has 2 amide bonds. The van der Waals surface area contributed by atoms with Crippen LogP contribution >= 0.6 is 0 Å². The Labute approximate surface area is 108 Å². The van der Waals surface area contributed by atoms with Crippen LogP contribution in [0.5, 0.6) is 0 Å². The summed E-state index contributed by atoms with van der Waals surface area (Å²) in [5, 5.41) is 9.04. The second-order valence-electron chi connectivity index (χ2n) is 4.67. The van der Waals surface area contributed by atoms with Crippen molar-refractivity contribution in [1.29, 1.82) is 0 Å². The van der Waals surface area contributed by atoms with Gasteiger partial charge >= 0.3 is 6.03 Å². The summed E-state index contributed by atoms with van der Waals surface area (Å²) in [6.45, 7) is 5.34. The van der Waals surface area contributed by atoms with Crippen molar-refractivity contribution < 1.29 is 4.79 Å². The number of hydrogen-bond acceptors (Lipinski definition) is 2. The van der Waals surface area contributed by atoms with Crippen molar-refractivity contribution >= 4 is 6.03 Å². The maximum atomic E-state index is 11.5. The zero-order valence-corrected chi connectivity index (χ0v) is 10.9. The second-order valence-corrected chi connectivity index (χ2v) is 4.67. The predicted molar refractivity (Wildman–Crippen MR) is 72.1 cm³/mol. The lowest BCUT2D eigenvalue weighted by molar-refractivity contribution is 0.240. The molecular formula is C14H21N3O. The Balaban J connectivity index is 1.78. The highest BCUT2D eigenvalue weighted by Gasteiger charge is 2.10. The molecule has 1 aliphatic heterocycles. The van der Waals surface area contributed by atoms with Crippen molar-refractivity contribution in [3.63, 3.8) is 0 Å². The van der Waals surface area contributed by atoms with Crippen LogP contribution in [-0.4, -0.2) is 12.6 Å². The number of hydrogen-bond donors (Lipinski definition) is 3. The van der Waals surface area contributed by atoms with Crippen LogP contribution in [-0.2, 0) is 19.6 Å². The third kappa shape index (κ3) is 3.47. The molecule has 0 atom stereocenters. The van der Waals surface area contributed by atoms with E-state index >= 15 is 0 Å². The van der Waals surface area contributed by atoms with E-state index in [4.69, 9.17) is 0 Å². The van der Waals surface area contributed by atoms with Crippen molar-refractivity contribution in [2.45, 2.75) is 39.4 Å². The van der Waals surface area contributed by atoms with E-state index in [1.807, 2.05) is 0 Å². The molecule has 0 fully saturated rings. The fourth-order valence-electron chi connectivity index (χ4n) is 2.08. The molecule has 0 spiro atoms. The van der Waals surface area contributed by atoms with Crippen molar-refractivity contribution in [2.75, 3.05) is 6.54 Å². The van der Waals surface area contributed by atoms with E-state index in [0.29, 0.717) is 6.54 Å². The Morgan fingerprint density at radius 2 is 2.11 bits per heavy atom. The van der Waals surface area contributed by atoms with E-state index in [1.54, 1.807) is 0 Å². The fraction of sp³-hybridized carbons (Fsp3) is 0.500. The lowest BCUT2D eigenvalue weighted by Crippen LogP contribution is -2.35. The SMILES string of the molecule is CCCCNC(=O)NCc1ccc2c(c1)CNC2. The van der Waals surface area contributed by atoms with Crippen LogP contribution in [0.3, 0.4) is 0 Å². The number of unbranched alkanes of at least 4 members (excludes halogenated alkanes) is 1. The van der Waals surface area contributed by atoms with Gasteiger partial charge in [-0.1, -0.05) is 31.5 Å². The predicted octanol–water partition coefficient (Wildman–Crippen LogP) is 1.89. The average Bonchev–Trinajstić information content (AvgIpc) is 2.84. The smallest absolute Gasteiger partial charge is 0.315 e. The van der Waals surface area contributed by atoms with Gasteiger partial charge in [0.2, 0.25) is 0 Å². The van der Waals surface area contributed by atoms with Gasteiger partial charge in [-0.05, 0) is 23.1 Å². The molecule has 0 saturated heterocycles. The molecule has 2 rings (SSSR count). The van der Waals surface area contributed by atoms with Gasteiger partial charge in [0.05, 0.1) is 0 Å². The van der Waals surface area contributed by atoms with Crippen LogP contribution in [0.2, 0.25) is 0 Å². The number of benzene rings is 1. The first-order chi connectivity index (χ1) is 8.79. The van der Waals surface area contributed by atoms with Crippen molar-refractivity contribution in [3.05, 3.63) is 34.9 Å². The molecule has 1 aromatic carbocycles. The molecule has 1 heterocycles. The Bertz CT molecular complexity index is 418. The van der Waals surface area contributed by atoms with Gasteiger partial charge in [-0.3, -0.25) is 0 Å². The first-order valence-electron chi connectivity index (χ1n) is 6.62. The summed E-state index contributed by atoms with van der Waals surface area (Å²) in [6, 6.07) is 6.31. The molecule has 1 aliphatic rings. The molecule has 18 heavy (non-hydrogen) atoms. The highest BCUT2D eigenvalue weighted by Crippen LogP contribution is 2.16. The van der Waals surface area contributed by atoms with E-state index < -0.39 is 0 Å². The standard InChI is InChI=1S/C14H21N3O/c1-2-3-6-16-14(18)17-8-11-4-5-12-9-15-10-13(12)7-11/h4-5,7,15H,2-3,6,8-10H2,1H3,(H2,16,17,18). The van der Waals surface area contributed by atoms with Gasteiger partial charge in [0, 0.05) is 26.2 Å². The van der Waals surface area contributed by atoms with Crippen LogP contribution in [0.25, 0.3) is 0 Å². The van der Waals surface area contributed by atoms with Gasteiger partial charge in [0.15, 0.2) is 0 Å². The van der Waals surface area contributed by atoms with E-state index in [-0.39, 0.29) is 6.03 Å². The normalized spacial score (nSPS) is 13.2. The minimum Gasteiger partial charge on any atom is -0.338 e. The average molecular weight is 247 g/mol. The van der Waals surface area contributed by atoms with Crippen molar-refractivity contribution in [2.24, 2.45) is 0 Å². The topological polar surface area (TPSA) is 53.2 Å². The summed E-state index contributed by atoms with van der Waals surface area (Å²) in [5.41, 5.74) is 3.87. The first-order valence-corrected chi connectivity index (χ1v) is 6.62. The lowest BCUT2D eigenvalue weighted by Gasteiger charge is -2.08. The van der Waals surface area contributed by atoms with Crippen molar-refractivity contribution in [3.8, 4) is 0 Å². The number of urea groups is 1. The minimum absolute atomic E-state index is 0.0814. The monoisotopic (exact) mass is 247 g/mol. The summed E-state index contributed by atoms with van der Waals surface area (Å²) >= 11 is 0. The number of fused-ring (bicyclic) bond motifs is 1. The molecule has 98 valence electrons. The lowest BCUT2D eigenvalue weighted by atomic mass is 10.1. The Kier molecular flexibility index (Phi) is 4.59. The Morgan fingerprint density at radius 1 is 1.28 bits per heavy atom. The van der Waals surface area contributed by atoms with Crippen LogP contribution < -0.4 is 16.0 Å². The van der Waals surface area contributed by atoms with Gasteiger partial charge in [0.1, 0.15) is 0 Å². The molecule has 0 unspecified atom stereocenters. The Morgan fingerprint density at radius 3 is 2.94 bits per heavy atom. The molecule has 4 heteroatoms. The molecule has 0 bridgehead atoms. The number of rotatable bonds is 5. The molecule has 0 aliphatic carbocycles. The third-order valence-corrected chi connectivity index (χ3v) is 3.17. The number of carbonyl (C=O) groups is 1. The van der Waals surface area contributed by atoms with Gasteiger partial charge < -0.3 is 16.0 Å². The summed E-state index contributed by atoms with van der Waals surface area (Å²) in [4.78, 5) is 11.5. The highest BCUT2D eigenvalue weighted by molar-refractivity contribution is 5.73.